The Labute approximate surface area is 216 Å². The van der Waals surface area contributed by atoms with E-state index in [2.05, 4.69) is 62.9 Å². The Morgan fingerprint density at radius 3 is 2.06 bits per heavy atom. The number of hydrogen-bond donors (Lipinski definition) is 0. The molecular weight excluding hydrogens is 511 g/mol. The van der Waals surface area contributed by atoms with Crippen molar-refractivity contribution in [2.24, 2.45) is 0 Å². The summed E-state index contributed by atoms with van der Waals surface area (Å²) in [6.45, 7) is 9.11. The van der Waals surface area contributed by atoms with Crippen LogP contribution >= 0.6 is 0 Å². The molecule has 4 aromatic rings. The predicted molar refractivity (Wildman–Crippen MR) is 143 cm³/mol. The first-order valence-corrected chi connectivity index (χ1v) is 13.9. The van der Waals surface area contributed by atoms with Crippen LogP contribution in [0.3, 0.4) is 0 Å². The molecule has 0 atom stereocenters. The zero-order valence-corrected chi connectivity index (χ0v) is 22.3. The number of fused-ring (bicyclic) bond motifs is 5. The predicted octanol–water partition coefficient (Wildman–Crippen LogP) is 6.35. The maximum atomic E-state index is 13.1. The van der Waals surface area contributed by atoms with Gasteiger partial charge in [0.2, 0.25) is 0 Å². The number of para-hydroxylation sites is 1. The molecule has 0 radical (unpaired) electrons. The number of carbonyl (C=O) groups is 2. The van der Waals surface area contributed by atoms with Crippen molar-refractivity contribution < 1.29 is 9.59 Å². The number of allylic oxidation sites excluding steroid dienone is 1. The topological polar surface area (TPSA) is 50.3 Å². The molecular formula is C31H24N2O2Se. The normalized spacial score (nSPS) is 17.9. The van der Waals surface area contributed by atoms with Crippen molar-refractivity contribution in [2.45, 2.75) is 38.5 Å². The number of anilines is 3. The molecule has 4 nitrogen and oxygen atoms in total. The van der Waals surface area contributed by atoms with Gasteiger partial charge in [-0.05, 0) is 0 Å². The van der Waals surface area contributed by atoms with Gasteiger partial charge < -0.3 is 0 Å². The molecule has 0 fully saturated rings. The van der Waals surface area contributed by atoms with Crippen molar-refractivity contribution in [1.82, 2.24) is 4.98 Å². The number of hydrogen-bond acceptors (Lipinski definition) is 4. The van der Waals surface area contributed by atoms with Crippen LogP contribution in [0.25, 0.3) is 6.08 Å². The molecule has 0 bridgehead atoms. The second-order valence-electron chi connectivity index (χ2n) is 10.8. The van der Waals surface area contributed by atoms with Gasteiger partial charge in [-0.3, -0.25) is 0 Å². The quantitative estimate of drug-likeness (QED) is 0.162. The van der Waals surface area contributed by atoms with Crippen LogP contribution in [-0.2, 0) is 10.8 Å². The average Bonchev–Trinajstić information content (AvgIpc) is 3.40. The van der Waals surface area contributed by atoms with Gasteiger partial charge in [-0.1, -0.05) is 0 Å². The molecule has 4 heterocycles. The van der Waals surface area contributed by atoms with Crippen molar-refractivity contribution >= 4 is 48.2 Å². The number of aromatic nitrogens is 1. The van der Waals surface area contributed by atoms with Gasteiger partial charge in [-0.2, -0.15) is 0 Å². The SMILES string of the molecule is CC1(C)c2cccnc2N2c3[se]c(C=C4C(=O)c5ccccc5C4=O)cc3C(C)(C)c3cccc1c32. The molecule has 1 aliphatic carbocycles. The molecule has 0 amide bonds. The average molecular weight is 536 g/mol. The number of carbonyl (C=O) groups excluding carboxylic acids is 2. The summed E-state index contributed by atoms with van der Waals surface area (Å²) in [6.07, 6.45) is 3.71. The van der Waals surface area contributed by atoms with E-state index in [4.69, 9.17) is 4.98 Å². The van der Waals surface area contributed by atoms with E-state index in [0.29, 0.717) is 11.1 Å². The van der Waals surface area contributed by atoms with Crippen LogP contribution in [0, 0.1) is 0 Å². The molecule has 2 aromatic heterocycles. The summed E-state index contributed by atoms with van der Waals surface area (Å²) in [7, 11) is 0. The molecule has 5 heteroatoms. The number of rotatable bonds is 1. The molecule has 2 aliphatic heterocycles. The Kier molecular flexibility index (Phi) is 4.24. The Balaban J connectivity index is 1.46. The standard InChI is InChI=1S/C31H24N2O2Se/c1-30(2)21-11-7-12-22-25(21)33(28-23(30)13-8-14-32-28)29-24(31(22,3)4)16-17(36-29)15-20-26(34)18-9-5-6-10-19(18)27(20)35/h5-16H,1-4H3. The van der Waals surface area contributed by atoms with Crippen LogP contribution in [0.1, 0.15) is 75.1 Å². The first-order chi connectivity index (χ1) is 17.2. The fourth-order valence-corrected chi connectivity index (χ4v) is 8.75. The molecule has 0 saturated carbocycles. The van der Waals surface area contributed by atoms with Gasteiger partial charge in [0, 0.05) is 0 Å². The van der Waals surface area contributed by atoms with E-state index in [-0.39, 0.29) is 42.5 Å². The Morgan fingerprint density at radius 1 is 0.778 bits per heavy atom. The fraction of sp³-hybridized carbons (Fsp3) is 0.194. The van der Waals surface area contributed by atoms with Crippen molar-refractivity contribution in [3.8, 4) is 0 Å². The number of ketones is 2. The first-order valence-electron chi connectivity index (χ1n) is 12.2. The van der Waals surface area contributed by atoms with Crippen LogP contribution < -0.4 is 4.90 Å². The zero-order chi connectivity index (χ0) is 25.0. The minimum absolute atomic E-state index is 0.0873. The number of Topliss-reactive ketones (excluding diaryl/α,β-unsaturated/α-hetero) is 2. The maximum absolute atomic E-state index is 13.1. The fourth-order valence-electron chi connectivity index (χ4n) is 6.08. The van der Waals surface area contributed by atoms with Gasteiger partial charge in [-0.25, -0.2) is 0 Å². The number of pyridine rings is 1. The summed E-state index contributed by atoms with van der Waals surface area (Å²) in [5.41, 5.74) is 7.18. The van der Waals surface area contributed by atoms with Gasteiger partial charge in [0.1, 0.15) is 0 Å². The summed E-state index contributed by atoms with van der Waals surface area (Å²) < 4.78 is 2.28. The van der Waals surface area contributed by atoms with Crippen molar-refractivity contribution in [2.75, 3.05) is 4.90 Å². The van der Waals surface area contributed by atoms with E-state index in [1.54, 1.807) is 12.1 Å². The van der Waals surface area contributed by atoms with Crippen molar-refractivity contribution in [3.63, 3.8) is 0 Å². The van der Waals surface area contributed by atoms with Crippen LogP contribution in [0.15, 0.2) is 72.4 Å². The summed E-state index contributed by atoms with van der Waals surface area (Å²) in [5, 5.41) is 0. The molecule has 0 unspecified atom stereocenters. The van der Waals surface area contributed by atoms with Gasteiger partial charge in [0.25, 0.3) is 0 Å². The Bertz CT molecular complexity index is 1650. The summed E-state index contributed by atoms with van der Waals surface area (Å²) >= 11 is -0.0873. The third-order valence-electron chi connectivity index (χ3n) is 8.08. The minimum atomic E-state index is -0.214. The van der Waals surface area contributed by atoms with E-state index in [1.807, 2.05) is 30.5 Å². The van der Waals surface area contributed by atoms with Gasteiger partial charge in [0.05, 0.1) is 0 Å². The van der Waals surface area contributed by atoms with E-state index < -0.39 is 0 Å². The molecule has 176 valence electrons. The molecule has 36 heavy (non-hydrogen) atoms. The van der Waals surface area contributed by atoms with Crippen molar-refractivity contribution in [1.29, 1.82) is 0 Å². The van der Waals surface area contributed by atoms with E-state index in [0.717, 1.165) is 10.3 Å². The summed E-state index contributed by atoms with van der Waals surface area (Å²) in [4.78, 5) is 33.4. The molecule has 0 saturated heterocycles. The van der Waals surface area contributed by atoms with Gasteiger partial charge >= 0.3 is 216 Å². The second kappa shape index (κ2) is 7.03. The zero-order valence-electron chi connectivity index (χ0n) is 20.5. The molecule has 2 aromatic carbocycles. The second-order valence-corrected chi connectivity index (χ2v) is 13.0. The summed E-state index contributed by atoms with van der Waals surface area (Å²) in [6, 6.07) is 20.2. The van der Waals surface area contributed by atoms with Crippen molar-refractivity contribution in [3.05, 3.63) is 110 Å². The van der Waals surface area contributed by atoms with Crippen LogP contribution in [-0.4, -0.2) is 31.1 Å². The molecule has 0 N–H and O–H groups in total. The van der Waals surface area contributed by atoms with Gasteiger partial charge in [-0.15, -0.1) is 0 Å². The molecule has 0 spiro atoms. The third kappa shape index (κ3) is 2.62. The van der Waals surface area contributed by atoms with Gasteiger partial charge in [0.15, 0.2) is 0 Å². The van der Waals surface area contributed by atoms with Crippen LogP contribution in [0.4, 0.5) is 16.1 Å². The third-order valence-corrected chi connectivity index (χ3v) is 10.3. The number of benzene rings is 2. The monoisotopic (exact) mass is 536 g/mol. The van der Waals surface area contributed by atoms with Crippen LogP contribution in [0.5, 0.6) is 0 Å². The first kappa shape index (κ1) is 21.7. The van der Waals surface area contributed by atoms with E-state index in [9.17, 15) is 9.59 Å². The number of nitrogens with zero attached hydrogens (tertiary/aromatic N) is 2. The van der Waals surface area contributed by atoms with E-state index >= 15 is 0 Å². The molecule has 3 aliphatic rings. The summed E-state index contributed by atoms with van der Waals surface area (Å²) in [5.74, 6) is 0.637. The Morgan fingerprint density at radius 2 is 1.39 bits per heavy atom. The van der Waals surface area contributed by atoms with E-state index in [1.165, 1.54) is 32.5 Å². The van der Waals surface area contributed by atoms with Crippen LogP contribution in [0.2, 0.25) is 0 Å². The molecule has 7 rings (SSSR count). The Hall–Kier alpha value is -3.53.